The first-order valence-corrected chi connectivity index (χ1v) is 13.7. The summed E-state index contributed by atoms with van der Waals surface area (Å²) in [5.74, 6) is 0.272. The molecule has 1 aromatic rings. The van der Waals surface area contributed by atoms with Gasteiger partial charge in [-0.3, -0.25) is 0 Å². The van der Waals surface area contributed by atoms with E-state index in [0.717, 1.165) is 16.9 Å². The van der Waals surface area contributed by atoms with E-state index in [4.69, 9.17) is 23.4 Å². The minimum absolute atomic E-state index is 0.00174. The fourth-order valence-electron chi connectivity index (χ4n) is 3.74. The Morgan fingerprint density at radius 2 is 1.80 bits per heavy atom. The molecule has 0 bridgehead atoms. The molecule has 6 heteroatoms. The molecule has 0 saturated carbocycles. The Hall–Kier alpha value is -1.18. The second-order valence-electron chi connectivity index (χ2n) is 10.3. The van der Waals surface area contributed by atoms with Gasteiger partial charge in [-0.15, -0.1) is 0 Å². The highest BCUT2D eigenvalue weighted by atomic mass is 28.4. The van der Waals surface area contributed by atoms with Gasteiger partial charge in [-0.2, -0.15) is 0 Å². The number of fused-ring (bicyclic) bond motifs is 1. The zero-order valence-electron chi connectivity index (χ0n) is 19.9. The van der Waals surface area contributed by atoms with Gasteiger partial charge in [0.2, 0.25) is 0 Å². The molecule has 30 heavy (non-hydrogen) atoms. The zero-order chi connectivity index (χ0) is 22.3. The average Bonchev–Trinajstić information content (AvgIpc) is 3.11. The van der Waals surface area contributed by atoms with Crippen LogP contribution < -0.4 is 4.74 Å². The second kappa shape index (κ2) is 8.39. The predicted molar refractivity (Wildman–Crippen MR) is 122 cm³/mol. The minimum atomic E-state index is -1.88. The van der Waals surface area contributed by atoms with Crippen LogP contribution in [0.25, 0.3) is 6.08 Å². The molecule has 2 aliphatic heterocycles. The van der Waals surface area contributed by atoms with E-state index >= 15 is 0 Å². The Labute approximate surface area is 182 Å². The van der Waals surface area contributed by atoms with E-state index in [0.29, 0.717) is 6.61 Å². The lowest BCUT2D eigenvalue weighted by Gasteiger charge is -2.36. The first-order valence-electron chi connectivity index (χ1n) is 10.8. The summed E-state index contributed by atoms with van der Waals surface area (Å²) in [4.78, 5) is 0. The van der Waals surface area contributed by atoms with Crippen molar-refractivity contribution in [3.05, 3.63) is 35.4 Å². The highest BCUT2D eigenvalue weighted by Crippen LogP contribution is 2.40. The van der Waals surface area contributed by atoms with Gasteiger partial charge in [-0.1, -0.05) is 45.1 Å². The molecule has 2 heterocycles. The fraction of sp³-hybridized carbons (Fsp3) is 0.667. The van der Waals surface area contributed by atoms with E-state index in [2.05, 4.69) is 52.1 Å². The summed E-state index contributed by atoms with van der Waals surface area (Å²) in [6, 6.07) is 6.09. The molecular formula is C24H38O5Si. The third-order valence-electron chi connectivity index (χ3n) is 6.56. The Morgan fingerprint density at radius 3 is 2.43 bits per heavy atom. The molecule has 4 atom stereocenters. The van der Waals surface area contributed by atoms with Crippen molar-refractivity contribution >= 4 is 14.4 Å². The maximum Gasteiger partial charge on any atom is 0.192 e. The highest BCUT2D eigenvalue weighted by molar-refractivity contribution is 6.74. The lowest BCUT2D eigenvalue weighted by molar-refractivity contribution is -0.180. The fourth-order valence-corrected chi connectivity index (χ4v) is 4.68. The van der Waals surface area contributed by atoms with Gasteiger partial charge in [-0.05, 0) is 50.5 Å². The van der Waals surface area contributed by atoms with Gasteiger partial charge in [0.05, 0.1) is 19.8 Å². The number of methoxy groups -OCH3 is 1. The van der Waals surface area contributed by atoms with E-state index in [1.165, 1.54) is 0 Å². The van der Waals surface area contributed by atoms with Crippen molar-refractivity contribution in [1.82, 2.24) is 0 Å². The monoisotopic (exact) mass is 434 g/mol. The molecule has 0 spiro atoms. The molecule has 0 aliphatic carbocycles. The van der Waals surface area contributed by atoms with Crippen LogP contribution in [0.5, 0.6) is 5.75 Å². The molecule has 3 rings (SSSR count). The van der Waals surface area contributed by atoms with E-state index < -0.39 is 14.1 Å². The summed E-state index contributed by atoms with van der Waals surface area (Å²) in [5.41, 5.74) is 2.14. The van der Waals surface area contributed by atoms with Crippen LogP contribution in [0.2, 0.25) is 18.1 Å². The van der Waals surface area contributed by atoms with Crippen molar-refractivity contribution in [1.29, 1.82) is 0 Å². The maximum atomic E-state index is 6.50. The van der Waals surface area contributed by atoms with Crippen LogP contribution in [0.3, 0.4) is 0 Å². The molecule has 0 aromatic heterocycles. The van der Waals surface area contributed by atoms with Crippen LogP contribution in [0.4, 0.5) is 0 Å². The SMILES string of the molecule is COc1cccc(/C=C/[C@H]2O[C@@H](C)[C@H]3OC(C)(C)O[C@H]32)c1CO[Si](C)(C)C(C)(C)C. The van der Waals surface area contributed by atoms with Crippen molar-refractivity contribution < 1.29 is 23.4 Å². The molecule has 168 valence electrons. The van der Waals surface area contributed by atoms with E-state index in [-0.39, 0.29) is 29.5 Å². The smallest absolute Gasteiger partial charge is 0.192 e. The van der Waals surface area contributed by atoms with Gasteiger partial charge < -0.3 is 23.4 Å². The Bertz CT molecular complexity index is 780. The van der Waals surface area contributed by atoms with Crippen LogP contribution in [0.1, 0.15) is 52.7 Å². The molecule has 5 nitrogen and oxygen atoms in total. The molecule has 2 fully saturated rings. The van der Waals surface area contributed by atoms with Crippen LogP contribution in [-0.4, -0.2) is 45.6 Å². The van der Waals surface area contributed by atoms with Crippen molar-refractivity contribution in [3.8, 4) is 5.75 Å². The Balaban J connectivity index is 1.81. The van der Waals surface area contributed by atoms with Crippen LogP contribution in [-0.2, 0) is 25.2 Å². The van der Waals surface area contributed by atoms with Gasteiger partial charge in [0.25, 0.3) is 0 Å². The van der Waals surface area contributed by atoms with Crippen molar-refractivity contribution in [2.45, 2.75) is 96.5 Å². The van der Waals surface area contributed by atoms with Crippen molar-refractivity contribution in [3.63, 3.8) is 0 Å². The molecule has 0 N–H and O–H groups in total. The number of hydrogen-bond acceptors (Lipinski definition) is 5. The molecule has 0 amide bonds. The zero-order valence-corrected chi connectivity index (χ0v) is 20.9. The normalized spacial score (nSPS) is 28.8. The molecule has 2 aliphatic rings. The van der Waals surface area contributed by atoms with Gasteiger partial charge in [-0.25, -0.2) is 0 Å². The topological polar surface area (TPSA) is 46.2 Å². The number of hydrogen-bond donors (Lipinski definition) is 0. The standard InChI is InChI=1S/C24H38O5Si/c1-16-21-22(29-24(5,6)28-21)20(27-16)14-13-17-11-10-12-19(25-7)18(17)15-26-30(8,9)23(2,3)4/h10-14,16,20-22H,15H2,1-9H3/b14-13+/t16-,20+,21+,22-/m0/s1. The van der Waals surface area contributed by atoms with E-state index in [9.17, 15) is 0 Å². The lowest BCUT2D eigenvalue weighted by Crippen LogP contribution is -2.40. The van der Waals surface area contributed by atoms with Crippen LogP contribution in [0.15, 0.2) is 24.3 Å². The van der Waals surface area contributed by atoms with Gasteiger partial charge in [0.15, 0.2) is 14.1 Å². The highest BCUT2D eigenvalue weighted by Gasteiger charge is 2.52. The third-order valence-corrected chi connectivity index (χ3v) is 11.0. The molecular weight excluding hydrogens is 396 g/mol. The van der Waals surface area contributed by atoms with Gasteiger partial charge in [0.1, 0.15) is 24.1 Å². The lowest BCUT2D eigenvalue weighted by atomic mass is 10.0. The second-order valence-corrected chi connectivity index (χ2v) is 15.1. The van der Waals surface area contributed by atoms with Gasteiger partial charge in [0, 0.05) is 5.56 Å². The van der Waals surface area contributed by atoms with Crippen LogP contribution in [0, 0.1) is 0 Å². The average molecular weight is 435 g/mol. The van der Waals surface area contributed by atoms with Crippen LogP contribution >= 0.6 is 0 Å². The first-order chi connectivity index (χ1) is 13.8. The quantitative estimate of drug-likeness (QED) is 0.550. The summed E-state index contributed by atoms with van der Waals surface area (Å²) in [6.07, 6.45) is 3.90. The summed E-state index contributed by atoms with van der Waals surface area (Å²) in [5, 5.41) is 0.153. The molecule has 2 saturated heterocycles. The van der Waals surface area contributed by atoms with E-state index in [1.54, 1.807) is 7.11 Å². The summed E-state index contributed by atoms with van der Waals surface area (Å²) in [6.45, 7) is 17.8. The Kier molecular flexibility index (Phi) is 6.57. The number of benzene rings is 1. The summed E-state index contributed by atoms with van der Waals surface area (Å²) >= 11 is 0. The Morgan fingerprint density at radius 1 is 1.13 bits per heavy atom. The molecule has 0 unspecified atom stereocenters. The van der Waals surface area contributed by atoms with E-state index in [1.807, 2.05) is 32.9 Å². The third kappa shape index (κ3) is 4.83. The van der Waals surface area contributed by atoms with Crippen molar-refractivity contribution in [2.75, 3.05) is 7.11 Å². The maximum absolute atomic E-state index is 6.50. The van der Waals surface area contributed by atoms with Gasteiger partial charge >= 0.3 is 0 Å². The first kappa shape index (κ1) is 23.5. The molecule has 1 aromatic carbocycles. The number of ether oxygens (including phenoxy) is 4. The predicted octanol–water partition coefficient (Wildman–Crippen LogP) is 5.54. The minimum Gasteiger partial charge on any atom is -0.496 e. The molecule has 0 radical (unpaired) electrons. The summed E-state index contributed by atoms with van der Waals surface area (Å²) < 4.78 is 30.4. The van der Waals surface area contributed by atoms with Crippen molar-refractivity contribution in [2.24, 2.45) is 0 Å². The summed E-state index contributed by atoms with van der Waals surface area (Å²) in [7, 11) is -0.173. The largest absolute Gasteiger partial charge is 0.496 e. The number of rotatable bonds is 6.